The molecule has 0 atom stereocenters. The highest BCUT2D eigenvalue weighted by Gasteiger charge is 2.07. The molecule has 3 rings (SSSR count). The largest absolute Gasteiger partial charge is 0.460 e. The molecule has 0 amide bonds. The van der Waals surface area contributed by atoms with Gasteiger partial charge in [0.15, 0.2) is 0 Å². The molecule has 3 aromatic rings. The van der Waals surface area contributed by atoms with E-state index in [4.69, 9.17) is 27.6 Å². The third kappa shape index (κ3) is 5.02. The van der Waals surface area contributed by atoms with Crippen LogP contribution in [0.1, 0.15) is 11.3 Å². The van der Waals surface area contributed by atoms with E-state index in [0.29, 0.717) is 11.6 Å². The van der Waals surface area contributed by atoms with Crippen molar-refractivity contribution in [1.82, 2.24) is 5.32 Å². The highest BCUT2D eigenvalue weighted by molar-refractivity contribution is 6.33. The van der Waals surface area contributed by atoms with Gasteiger partial charge in [-0.25, -0.2) is 0 Å². The second kappa shape index (κ2) is 9.14. The second-order valence-corrected chi connectivity index (χ2v) is 6.14. The van der Waals surface area contributed by atoms with E-state index in [2.05, 4.69) is 5.32 Å². The topological polar surface area (TPSA) is 25.2 Å². The van der Waals surface area contributed by atoms with Gasteiger partial charge in [0.2, 0.25) is 0 Å². The monoisotopic (exact) mass is 381 g/mol. The second-order valence-electron chi connectivity index (χ2n) is 5.30. The van der Waals surface area contributed by atoms with Gasteiger partial charge in [0.05, 0.1) is 11.6 Å². The number of benzene rings is 2. The molecule has 0 aliphatic carbocycles. The van der Waals surface area contributed by atoms with Gasteiger partial charge in [-0.15, -0.1) is 12.4 Å². The average Bonchev–Trinajstić information content (AvgIpc) is 3.02. The Balaban J connectivity index is 0.00000208. The van der Waals surface area contributed by atoms with Gasteiger partial charge in [-0.05, 0) is 54.9 Å². The minimum Gasteiger partial charge on any atom is -0.460 e. The Morgan fingerprint density at radius 2 is 1.62 bits per heavy atom. The van der Waals surface area contributed by atoms with E-state index >= 15 is 0 Å². The van der Waals surface area contributed by atoms with Crippen LogP contribution in [0.4, 0.5) is 0 Å². The molecule has 0 saturated heterocycles. The predicted octanol–water partition coefficient (Wildman–Crippen LogP) is 6.01. The number of nitrogens with one attached hydrogen (secondary N) is 1. The maximum Gasteiger partial charge on any atom is 0.135 e. The SMILES string of the molecule is Cl.Clc1ccc(CCNCc2ccc(-c3ccccc3Cl)o2)cc1. The summed E-state index contributed by atoms with van der Waals surface area (Å²) >= 11 is 12.1. The van der Waals surface area contributed by atoms with E-state index in [-0.39, 0.29) is 12.4 Å². The minimum atomic E-state index is 0. The summed E-state index contributed by atoms with van der Waals surface area (Å²) in [5.74, 6) is 1.70. The standard InChI is InChI=1S/C19H17Cl2NO.ClH/c20-15-7-5-14(6-8-15)11-12-22-13-16-9-10-19(23-16)17-3-1-2-4-18(17)21;/h1-10,22H,11-13H2;1H. The Morgan fingerprint density at radius 1 is 0.875 bits per heavy atom. The molecule has 0 aliphatic heterocycles. The summed E-state index contributed by atoms with van der Waals surface area (Å²) in [6, 6.07) is 19.5. The van der Waals surface area contributed by atoms with Crippen molar-refractivity contribution < 1.29 is 4.42 Å². The van der Waals surface area contributed by atoms with Crippen molar-refractivity contribution >= 4 is 35.6 Å². The van der Waals surface area contributed by atoms with Crippen molar-refractivity contribution in [3.63, 3.8) is 0 Å². The summed E-state index contributed by atoms with van der Waals surface area (Å²) in [5, 5.41) is 4.85. The maximum atomic E-state index is 6.19. The smallest absolute Gasteiger partial charge is 0.135 e. The van der Waals surface area contributed by atoms with Crippen LogP contribution in [0.15, 0.2) is 65.1 Å². The third-order valence-corrected chi connectivity index (χ3v) is 4.19. The van der Waals surface area contributed by atoms with Crippen molar-refractivity contribution in [3.8, 4) is 11.3 Å². The Kier molecular flexibility index (Phi) is 7.19. The van der Waals surface area contributed by atoms with Crippen molar-refractivity contribution in [2.45, 2.75) is 13.0 Å². The fourth-order valence-electron chi connectivity index (χ4n) is 2.37. The Bertz CT molecular complexity index is 768. The zero-order chi connectivity index (χ0) is 16.1. The molecule has 2 aromatic carbocycles. The molecule has 24 heavy (non-hydrogen) atoms. The van der Waals surface area contributed by atoms with Gasteiger partial charge < -0.3 is 9.73 Å². The lowest BCUT2D eigenvalue weighted by molar-refractivity contribution is 0.495. The first-order chi connectivity index (χ1) is 11.2. The highest BCUT2D eigenvalue weighted by Crippen LogP contribution is 2.28. The van der Waals surface area contributed by atoms with Gasteiger partial charge in [0.25, 0.3) is 0 Å². The van der Waals surface area contributed by atoms with Gasteiger partial charge in [0, 0.05) is 10.6 Å². The molecule has 1 N–H and O–H groups in total. The van der Waals surface area contributed by atoms with E-state index in [1.807, 2.05) is 60.7 Å². The lowest BCUT2D eigenvalue weighted by Crippen LogP contribution is -2.16. The molecule has 0 fully saturated rings. The normalized spacial score (nSPS) is 10.4. The van der Waals surface area contributed by atoms with Crippen LogP contribution in [0.2, 0.25) is 10.0 Å². The number of furan rings is 1. The summed E-state index contributed by atoms with van der Waals surface area (Å²) in [5.41, 5.74) is 2.18. The first-order valence-electron chi connectivity index (χ1n) is 7.51. The predicted molar refractivity (Wildman–Crippen MR) is 103 cm³/mol. The Morgan fingerprint density at radius 3 is 2.38 bits per heavy atom. The molecule has 0 aliphatic rings. The summed E-state index contributed by atoms with van der Waals surface area (Å²) in [4.78, 5) is 0. The molecule has 0 bridgehead atoms. The molecular formula is C19H18Cl3NO. The lowest BCUT2D eigenvalue weighted by Gasteiger charge is -2.04. The van der Waals surface area contributed by atoms with Crippen LogP contribution in [-0.2, 0) is 13.0 Å². The van der Waals surface area contributed by atoms with Gasteiger partial charge in [-0.2, -0.15) is 0 Å². The lowest BCUT2D eigenvalue weighted by atomic mass is 10.1. The molecule has 0 saturated carbocycles. The van der Waals surface area contributed by atoms with Crippen LogP contribution in [0.5, 0.6) is 0 Å². The molecule has 0 radical (unpaired) electrons. The number of rotatable bonds is 6. The molecule has 1 heterocycles. The molecular weight excluding hydrogens is 365 g/mol. The summed E-state index contributed by atoms with van der Waals surface area (Å²) in [6.07, 6.45) is 0.954. The fourth-order valence-corrected chi connectivity index (χ4v) is 2.73. The summed E-state index contributed by atoms with van der Waals surface area (Å²) in [6.45, 7) is 1.57. The van der Waals surface area contributed by atoms with Gasteiger partial charge in [0.1, 0.15) is 11.5 Å². The number of halogens is 3. The maximum absolute atomic E-state index is 6.19. The molecule has 2 nitrogen and oxygen atoms in total. The first-order valence-corrected chi connectivity index (χ1v) is 8.27. The zero-order valence-electron chi connectivity index (χ0n) is 13.0. The van der Waals surface area contributed by atoms with E-state index in [1.165, 1.54) is 5.56 Å². The first kappa shape index (κ1) is 18.9. The third-order valence-electron chi connectivity index (χ3n) is 3.60. The van der Waals surface area contributed by atoms with Crippen LogP contribution < -0.4 is 5.32 Å². The molecule has 5 heteroatoms. The fraction of sp³-hybridized carbons (Fsp3) is 0.158. The van der Waals surface area contributed by atoms with Crippen LogP contribution in [0.25, 0.3) is 11.3 Å². The van der Waals surface area contributed by atoms with Crippen molar-refractivity contribution in [1.29, 1.82) is 0 Å². The van der Waals surface area contributed by atoms with Crippen LogP contribution in [0.3, 0.4) is 0 Å². The Hall–Kier alpha value is -1.45. The van der Waals surface area contributed by atoms with E-state index in [1.54, 1.807) is 0 Å². The van der Waals surface area contributed by atoms with E-state index in [0.717, 1.165) is 35.1 Å². The van der Waals surface area contributed by atoms with Gasteiger partial charge in [-0.1, -0.05) is 47.5 Å². The number of hydrogen-bond acceptors (Lipinski definition) is 2. The highest BCUT2D eigenvalue weighted by atomic mass is 35.5. The summed E-state index contributed by atoms with van der Waals surface area (Å²) in [7, 11) is 0. The molecule has 0 unspecified atom stereocenters. The van der Waals surface area contributed by atoms with E-state index in [9.17, 15) is 0 Å². The van der Waals surface area contributed by atoms with Crippen LogP contribution >= 0.6 is 35.6 Å². The average molecular weight is 383 g/mol. The zero-order valence-corrected chi connectivity index (χ0v) is 15.3. The molecule has 126 valence electrons. The molecule has 1 aromatic heterocycles. The van der Waals surface area contributed by atoms with Gasteiger partial charge in [-0.3, -0.25) is 0 Å². The quantitative estimate of drug-likeness (QED) is 0.528. The van der Waals surface area contributed by atoms with Crippen molar-refractivity contribution in [2.24, 2.45) is 0 Å². The summed E-state index contributed by atoms with van der Waals surface area (Å²) < 4.78 is 5.85. The molecule has 0 spiro atoms. The minimum absolute atomic E-state index is 0. The van der Waals surface area contributed by atoms with Crippen molar-refractivity contribution in [3.05, 3.63) is 82.0 Å². The van der Waals surface area contributed by atoms with Crippen LogP contribution in [0, 0.1) is 0 Å². The van der Waals surface area contributed by atoms with E-state index < -0.39 is 0 Å². The number of hydrogen-bond donors (Lipinski definition) is 1. The van der Waals surface area contributed by atoms with Gasteiger partial charge >= 0.3 is 0 Å². The van der Waals surface area contributed by atoms with Crippen LogP contribution in [-0.4, -0.2) is 6.54 Å². The Labute approximate surface area is 158 Å². The van der Waals surface area contributed by atoms with Crippen molar-refractivity contribution in [2.75, 3.05) is 6.54 Å².